The molecule has 1 aliphatic rings. The zero-order valence-corrected chi connectivity index (χ0v) is 22.2. The van der Waals surface area contributed by atoms with Crippen LogP contribution in [0.2, 0.25) is 10.0 Å². The summed E-state index contributed by atoms with van der Waals surface area (Å²) in [6, 6.07) is 9.70. The number of pyridine rings is 1. The maximum absolute atomic E-state index is 6.30. The highest BCUT2D eigenvalue weighted by Gasteiger charge is 2.39. The summed E-state index contributed by atoms with van der Waals surface area (Å²) in [4.78, 5) is 6.24. The molecule has 2 N–H and O–H groups in total. The van der Waals surface area contributed by atoms with Crippen LogP contribution in [0.4, 0.5) is 5.82 Å². The summed E-state index contributed by atoms with van der Waals surface area (Å²) in [5.41, 5.74) is 3.10. The van der Waals surface area contributed by atoms with Gasteiger partial charge in [0.05, 0.1) is 21.1 Å². The zero-order chi connectivity index (χ0) is 25.4. The summed E-state index contributed by atoms with van der Waals surface area (Å²) in [7, 11) is 0. The van der Waals surface area contributed by atoms with Gasteiger partial charge in [0, 0.05) is 36.4 Å². The Kier molecular flexibility index (Phi) is 6.76. The number of aromatic amines is 1. The van der Waals surface area contributed by atoms with Crippen LogP contribution >= 0.6 is 23.2 Å². The molecule has 36 heavy (non-hydrogen) atoms. The first kappa shape index (κ1) is 24.7. The van der Waals surface area contributed by atoms with Crippen LogP contribution in [-0.2, 0) is 0 Å². The fourth-order valence-corrected chi connectivity index (χ4v) is 5.15. The number of hydrogen-bond acceptors (Lipinski definition) is 7. The molecular formula is C26H29Cl2N7O. The van der Waals surface area contributed by atoms with Gasteiger partial charge in [-0.15, -0.1) is 10.2 Å². The standard InChI is InChI=1S/C26H29Cl2N7O/c1-15(2)10-30-26(4)13-35(14-26)23-8-7-22(32-33-23)25-18-9-17(5-6-21(18)31-34-25)36-16(3)24-19(27)11-29-12-20(24)28/h5-9,11-12,15-16,30H,10,13-14H2,1-4H3,(H,31,34)/t16-/m1/s1. The summed E-state index contributed by atoms with van der Waals surface area (Å²) in [6.07, 6.45) is 2.76. The quantitative estimate of drug-likeness (QED) is 0.305. The second-order valence-corrected chi connectivity index (χ2v) is 10.8. The Labute approximate surface area is 220 Å². The highest BCUT2D eigenvalue weighted by atomic mass is 35.5. The molecule has 4 heterocycles. The predicted molar refractivity (Wildman–Crippen MR) is 144 cm³/mol. The third kappa shape index (κ3) is 4.98. The van der Waals surface area contributed by atoms with E-state index >= 15 is 0 Å². The molecular weight excluding hydrogens is 497 g/mol. The third-order valence-corrected chi connectivity index (χ3v) is 6.98. The average molecular weight is 526 g/mol. The lowest BCUT2D eigenvalue weighted by Crippen LogP contribution is -2.68. The van der Waals surface area contributed by atoms with E-state index in [1.165, 1.54) is 0 Å². The topological polar surface area (TPSA) is 91.9 Å². The van der Waals surface area contributed by atoms with Crippen molar-refractivity contribution in [2.45, 2.75) is 39.3 Å². The molecule has 1 fully saturated rings. The van der Waals surface area contributed by atoms with E-state index in [1.54, 1.807) is 12.4 Å². The van der Waals surface area contributed by atoms with Crippen molar-refractivity contribution in [3.8, 4) is 17.1 Å². The van der Waals surface area contributed by atoms with E-state index in [0.29, 0.717) is 38.7 Å². The van der Waals surface area contributed by atoms with Crippen LogP contribution in [0.15, 0.2) is 42.7 Å². The van der Waals surface area contributed by atoms with Crippen LogP contribution in [0, 0.1) is 5.92 Å². The summed E-state index contributed by atoms with van der Waals surface area (Å²) < 4.78 is 6.17. The van der Waals surface area contributed by atoms with Crippen molar-refractivity contribution < 1.29 is 4.74 Å². The Morgan fingerprint density at radius 1 is 1.08 bits per heavy atom. The van der Waals surface area contributed by atoms with E-state index in [-0.39, 0.29) is 11.6 Å². The highest BCUT2D eigenvalue weighted by Crippen LogP contribution is 2.35. The number of hydrogen-bond donors (Lipinski definition) is 2. The molecule has 4 aromatic rings. The maximum Gasteiger partial charge on any atom is 0.151 e. The Morgan fingerprint density at radius 3 is 2.50 bits per heavy atom. The number of H-pyrrole nitrogens is 1. The molecule has 188 valence electrons. The SMILES string of the molecule is CC(C)CNC1(C)CN(c2ccc(-c3n[nH]c4ccc(O[C@H](C)c5c(Cl)cncc5Cl)cc34)nn2)C1. The number of ether oxygens (including phenoxy) is 1. The average Bonchev–Trinajstić information content (AvgIpc) is 3.24. The fourth-order valence-electron chi connectivity index (χ4n) is 4.48. The van der Waals surface area contributed by atoms with Gasteiger partial charge >= 0.3 is 0 Å². The van der Waals surface area contributed by atoms with Gasteiger partial charge in [-0.1, -0.05) is 37.0 Å². The van der Waals surface area contributed by atoms with Crippen LogP contribution in [0.25, 0.3) is 22.3 Å². The molecule has 0 aliphatic carbocycles. The molecule has 8 nitrogen and oxygen atoms in total. The lowest BCUT2D eigenvalue weighted by molar-refractivity contribution is 0.227. The van der Waals surface area contributed by atoms with Crippen LogP contribution in [0.5, 0.6) is 5.75 Å². The minimum atomic E-state index is -0.364. The van der Waals surface area contributed by atoms with Crippen molar-refractivity contribution in [2.75, 3.05) is 24.5 Å². The van der Waals surface area contributed by atoms with E-state index in [0.717, 1.165) is 36.4 Å². The number of nitrogens with one attached hydrogen (secondary N) is 2. The molecule has 1 saturated heterocycles. The normalized spacial score (nSPS) is 15.8. The summed E-state index contributed by atoms with van der Waals surface area (Å²) in [6.45, 7) is 11.4. The van der Waals surface area contributed by atoms with Crippen molar-refractivity contribution in [3.63, 3.8) is 0 Å². The second kappa shape index (κ2) is 9.84. The molecule has 10 heteroatoms. The molecule has 5 rings (SSSR count). The first-order valence-electron chi connectivity index (χ1n) is 12.0. The second-order valence-electron chi connectivity index (χ2n) is 10.0. The van der Waals surface area contributed by atoms with Crippen molar-refractivity contribution >= 4 is 39.9 Å². The van der Waals surface area contributed by atoms with Crippen LogP contribution in [0.3, 0.4) is 0 Å². The smallest absolute Gasteiger partial charge is 0.151 e. The Balaban J connectivity index is 1.32. The third-order valence-electron chi connectivity index (χ3n) is 6.38. The van der Waals surface area contributed by atoms with Crippen molar-refractivity contribution in [3.05, 3.63) is 58.3 Å². The largest absolute Gasteiger partial charge is 0.486 e. The number of anilines is 1. The molecule has 1 aromatic carbocycles. The Morgan fingerprint density at radius 2 is 1.83 bits per heavy atom. The summed E-state index contributed by atoms with van der Waals surface area (Å²) in [5, 5.41) is 22.0. The molecule has 0 radical (unpaired) electrons. The van der Waals surface area contributed by atoms with Gasteiger partial charge in [0.15, 0.2) is 5.82 Å². The number of nitrogens with zero attached hydrogens (tertiary/aromatic N) is 5. The first-order chi connectivity index (χ1) is 17.2. The molecule has 0 bridgehead atoms. The summed E-state index contributed by atoms with van der Waals surface area (Å²) in [5.74, 6) is 2.16. The molecule has 0 saturated carbocycles. The molecule has 1 aliphatic heterocycles. The molecule has 0 unspecified atom stereocenters. The van der Waals surface area contributed by atoms with Gasteiger partial charge in [-0.3, -0.25) is 10.1 Å². The number of halogens is 2. The van der Waals surface area contributed by atoms with E-state index in [2.05, 4.69) is 56.4 Å². The Bertz CT molecular complexity index is 1350. The Hall–Kier alpha value is -2.94. The van der Waals surface area contributed by atoms with E-state index < -0.39 is 0 Å². The van der Waals surface area contributed by atoms with Crippen molar-refractivity contribution in [1.82, 2.24) is 30.7 Å². The molecule has 0 amide bonds. The van der Waals surface area contributed by atoms with Gasteiger partial charge in [0.1, 0.15) is 23.2 Å². The lowest BCUT2D eigenvalue weighted by atomic mass is 9.91. The molecule has 3 aromatic heterocycles. The van der Waals surface area contributed by atoms with Gasteiger partial charge in [-0.05, 0) is 56.6 Å². The zero-order valence-electron chi connectivity index (χ0n) is 20.7. The van der Waals surface area contributed by atoms with Crippen LogP contribution in [-0.4, -0.2) is 50.6 Å². The lowest BCUT2D eigenvalue weighted by Gasteiger charge is -2.49. The molecule has 0 spiro atoms. The van der Waals surface area contributed by atoms with Gasteiger partial charge in [-0.2, -0.15) is 5.10 Å². The number of aromatic nitrogens is 5. The van der Waals surface area contributed by atoms with E-state index in [4.69, 9.17) is 27.9 Å². The van der Waals surface area contributed by atoms with Crippen molar-refractivity contribution in [2.24, 2.45) is 5.92 Å². The van der Waals surface area contributed by atoms with Crippen LogP contribution in [0.1, 0.15) is 39.4 Å². The van der Waals surface area contributed by atoms with Gasteiger partial charge < -0.3 is 15.0 Å². The monoisotopic (exact) mass is 525 g/mol. The highest BCUT2D eigenvalue weighted by molar-refractivity contribution is 6.35. The minimum Gasteiger partial charge on any atom is -0.486 e. The van der Waals surface area contributed by atoms with E-state index in [9.17, 15) is 0 Å². The number of fused-ring (bicyclic) bond motifs is 1. The minimum absolute atomic E-state index is 0.112. The van der Waals surface area contributed by atoms with Gasteiger partial charge in [0.2, 0.25) is 0 Å². The van der Waals surface area contributed by atoms with Gasteiger partial charge in [0.25, 0.3) is 0 Å². The maximum atomic E-state index is 6.30. The van der Waals surface area contributed by atoms with Gasteiger partial charge in [-0.25, -0.2) is 0 Å². The summed E-state index contributed by atoms with van der Waals surface area (Å²) >= 11 is 12.6. The number of benzene rings is 1. The number of rotatable bonds is 8. The van der Waals surface area contributed by atoms with Crippen molar-refractivity contribution in [1.29, 1.82) is 0 Å². The molecule has 1 atom stereocenters. The first-order valence-corrected chi connectivity index (χ1v) is 12.8. The van der Waals surface area contributed by atoms with Crippen LogP contribution < -0.4 is 15.0 Å². The fraction of sp³-hybridized carbons (Fsp3) is 0.385. The van der Waals surface area contributed by atoms with E-state index in [1.807, 2.05) is 37.3 Å². The predicted octanol–water partition coefficient (Wildman–Crippen LogP) is 5.69.